The number of aryl methyl sites for hydroxylation is 1. The summed E-state index contributed by atoms with van der Waals surface area (Å²) < 4.78 is 0. The van der Waals surface area contributed by atoms with Crippen LogP contribution in [0.2, 0.25) is 5.02 Å². The summed E-state index contributed by atoms with van der Waals surface area (Å²) >= 11 is 6.15. The molecule has 0 fully saturated rings. The van der Waals surface area contributed by atoms with Crippen LogP contribution < -0.4 is 10.6 Å². The minimum absolute atomic E-state index is 0.131. The summed E-state index contributed by atoms with van der Waals surface area (Å²) in [6.07, 6.45) is 0.131. The fourth-order valence-electron chi connectivity index (χ4n) is 3.08. The van der Waals surface area contributed by atoms with Gasteiger partial charge in [-0.3, -0.25) is 9.59 Å². The third kappa shape index (κ3) is 5.69. The van der Waals surface area contributed by atoms with Gasteiger partial charge >= 0.3 is 0 Å². The van der Waals surface area contributed by atoms with Gasteiger partial charge in [-0.15, -0.1) is 0 Å². The Morgan fingerprint density at radius 3 is 2.28 bits per heavy atom. The van der Waals surface area contributed by atoms with E-state index in [0.717, 1.165) is 16.7 Å². The van der Waals surface area contributed by atoms with Gasteiger partial charge in [0.25, 0.3) is 5.91 Å². The Kier molecular flexibility index (Phi) is 7.04. The molecule has 0 aliphatic heterocycles. The highest BCUT2D eigenvalue weighted by atomic mass is 35.5. The van der Waals surface area contributed by atoms with Gasteiger partial charge in [0.2, 0.25) is 5.91 Å². The van der Waals surface area contributed by atoms with Gasteiger partial charge in [-0.2, -0.15) is 0 Å². The zero-order valence-corrected chi connectivity index (χ0v) is 16.9. The first kappa shape index (κ1) is 20.6. The van der Waals surface area contributed by atoms with E-state index in [1.165, 1.54) is 0 Å². The van der Waals surface area contributed by atoms with E-state index in [1.807, 2.05) is 61.5 Å². The maximum Gasteiger partial charge on any atom is 0.253 e. The van der Waals surface area contributed by atoms with E-state index >= 15 is 0 Å². The lowest BCUT2D eigenvalue weighted by molar-refractivity contribution is -0.121. The van der Waals surface area contributed by atoms with E-state index in [-0.39, 0.29) is 18.2 Å². The molecule has 148 valence electrons. The molecule has 0 bridgehead atoms. The van der Waals surface area contributed by atoms with Crippen LogP contribution in [-0.2, 0) is 11.3 Å². The van der Waals surface area contributed by atoms with Crippen molar-refractivity contribution in [3.8, 4) is 0 Å². The standard InChI is InChI=1S/C24H23ClN2O2/c1-17-9-5-6-12-19(17)16-26-23(28)15-22(18-10-3-2-4-11-18)27-24(29)20-13-7-8-14-21(20)25/h2-14,22H,15-16H2,1H3,(H,26,28)(H,27,29)/t22-/m1/s1. The summed E-state index contributed by atoms with van der Waals surface area (Å²) in [6.45, 7) is 2.46. The van der Waals surface area contributed by atoms with Gasteiger partial charge in [0.15, 0.2) is 0 Å². The molecule has 29 heavy (non-hydrogen) atoms. The number of rotatable bonds is 7. The number of nitrogens with one attached hydrogen (secondary N) is 2. The summed E-state index contributed by atoms with van der Waals surface area (Å²) in [4.78, 5) is 25.3. The molecule has 4 nitrogen and oxygen atoms in total. The average molecular weight is 407 g/mol. The first-order valence-corrected chi connectivity index (χ1v) is 9.84. The molecular formula is C24H23ClN2O2. The Balaban J connectivity index is 1.71. The molecular weight excluding hydrogens is 384 g/mol. The van der Waals surface area contributed by atoms with Crippen molar-refractivity contribution < 1.29 is 9.59 Å². The van der Waals surface area contributed by atoms with Gasteiger partial charge in [-0.25, -0.2) is 0 Å². The predicted octanol–water partition coefficient (Wildman–Crippen LogP) is 4.83. The molecule has 0 saturated heterocycles. The fourth-order valence-corrected chi connectivity index (χ4v) is 3.30. The molecule has 2 N–H and O–H groups in total. The van der Waals surface area contributed by atoms with Crippen molar-refractivity contribution in [3.63, 3.8) is 0 Å². The van der Waals surface area contributed by atoms with E-state index in [0.29, 0.717) is 17.1 Å². The Morgan fingerprint density at radius 1 is 0.897 bits per heavy atom. The molecule has 0 aromatic heterocycles. The molecule has 0 heterocycles. The summed E-state index contributed by atoms with van der Waals surface area (Å²) in [5, 5.41) is 6.27. The minimum Gasteiger partial charge on any atom is -0.352 e. The van der Waals surface area contributed by atoms with Gasteiger partial charge in [0, 0.05) is 6.54 Å². The Labute approximate surface area is 175 Å². The zero-order chi connectivity index (χ0) is 20.6. The molecule has 3 rings (SSSR count). The maximum absolute atomic E-state index is 12.7. The number of hydrogen-bond donors (Lipinski definition) is 2. The lowest BCUT2D eigenvalue weighted by Gasteiger charge is -2.19. The fraction of sp³-hybridized carbons (Fsp3) is 0.167. The largest absolute Gasteiger partial charge is 0.352 e. The van der Waals surface area contributed by atoms with Crippen LogP contribution in [0.1, 0.15) is 39.5 Å². The first-order chi connectivity index (χ1) is 14.0. The number of hydrogen-bond acceptors (Lipinski definition) is 2. The molecule has 0 aliphatic carbocycles. The molecule has 0 aliphatic rings. The molecule has 3 aromatic rings. The van der Waals surface area contributed by atoms with Gasteiger partial charge in [-0.1, -0.05) is 78.3 Å². The van der Waals surface area contributed by atoms with Gasteiger partial charge in [0.1, 0.15) is 0 Å². The SMILES string of the molecule is Cc1ccccc1CNC(=O)C[C@@H](NC(=O)c1ccccc1Cl)c1ccccc1. The second-order valence-electron chi connectivity index (χ2n) is 6.82. The predicted molar refractivity (Wildman–Crippen MR) is 116 cm³/mol. The van der Waals surface area contributed by atoms with Gasteiger partial charge < -0.3 is 10.6 Å². The van der Waals surface area contributed by atoms with Crippen molar-refractivity contribution in [2.45, 2.75) is 25.9 Å². The molecule has 0 unspecified atom stereocenters. The molecule has 0 radical (unpaired) electrons. The van der Waals surface area contributed by atoms with Crippen molar-refractivity contribution in [1.82, 2.24) is 10.6 Å². The van der Waals surface area contributed by atoms with E-state index in [4.69, 9.17) is 11.6 Å². The number of carbonyl (C=O) groups is 2. The van der Waals surface area contributed by atoms with Gasteiger partial charge in [0.05, 0.1) is 23.0 Å². The van der Waals surface area contributed by atoms with Crippen LogP contribution in [0.5, 0.6) is 0 Å². The molecule has 1 atom stereocenters. The second-order valence-corrected chi connectivity index (χ2v) is 7.23. The second kappa shape index (κ2) is 9.89. The van der Waals surface area contributed by atoms with E-state index in [1.54, 1.807) is 24.3 Å². The topological polar surface area (TPSA) is 58.2 Å². The Morgan fingerprint density at radius 2 is 1.55 bits per heavy atom. The molecule has 2 amide bonds. The zero-order valence-electron chi connectivity index (χ0n) is 16.2. The normalized spacial score (nSPS) is 11.5. The van der Waals surface area contributed by atoms with Crippen molar-refractivity contribution in [1.29, 1.82) is 0 Å². The smallest absolute Gasteiger partial charge is 0.253 e. The highest BCUT2D eigenvalue weighted by Crippen LogP contribution is 2.20. The average Bonchev–Trinajstić information content (AvgIpc) is 2.73. The van der Waals surface area contributed by atoms with E-state index < -0.39 is 6.04 Å². The molecule has 3 aromatic carbocycles. The lowest BCUT2D eigenvalue weighted by atomic mass is 10.0. The van der Waals surface area contributed by atoms with Crippen LogP contribution in [0.3, 0.4) is 0 Å². The molecule has 0 saturated carbocycles. The van der Waals surface area contributed by atoms with Crippen LogP contribution in [0.15, 0.2) is 78.9 Å². The van der Waals surface area contributed by atoms with E-state index in [2.05, 4.69) is 10.6 Å². The third-order valence-corrected chi connectivity index (χ3v) is 5.08. The van der Waals surface area contributed by atoms with Crippen molar-refractivity contribution in [2.24, 2.45) is 0 Å². The quantitative estimate of drug-likeness (QED) is 0.590. The highest BCUT2D eigenvalue weighted by molar-refractivity contribution is 6.33. The number of benzene rings is 3. The van der Waals surface area contributed by atoms with Crippen LogP contribution in [0.4, 0.5) is 0 Å². The molecule has 5 heteroatoms. The minimum atomic E-state index is -0.461. The third-order valence-electron chi connectivity index (χ3n) is 4.75. The summed E-state index contributed by atoms with van der Waals surface area (Å²) in [7, 11) is 0. The summed E-state index contributed by atoms with van der Waals surface area (Å²) in [6, 6.07) is 23.8. The maximum atomic E-state index is 12.7. The number of carbonyl (C=O) groups excluding carboxylic acids is 2. The van der Waals surface area contributed by atoms with Crippen molar-refractivity contribution >= 4 is 23.4 Å². The summed E-state index contributed by atoms with van der Waals surface area (Å²) in [5.74, 6) is -0.447. The Hall–Kier alpha value is -3.11. The monoisotopic (exact) mass is 406 g/mol. The van der Waals surface area contributed by atoms with E-state index in [9.17, 15) is 9.59 Å². The van der Waals surface area contributed by atoms with Crippen LogP contribution >= 0.6 is 11.6 Å². The molecule has 0 spiro atoms. The van der Waals surface area contributed by atoms with Crippen molar-refractivity contribution in [2.75, 3.05) is 0 Å². The Bertz CT molecular complexity index is 989. The number of amides is 2. The summed E-state index contributed by atoms with van der Waals surface area (Å²) in [5.41, 5.74) is 3.44. The van der Waals surface area contributed by atoms with Crippen LogP contribution in [0, 0.1) is 6.92 Å². The first-order valence-electron chi connectivity index (χ1n) is 9.46. The number of halogens is 1. The van der Waals surface area contributed by atoms with Gasteiger partial charge in [-0.05, 0) is 35.7 Å². The van der Waals surface area contributed by atoms with Crippen molar-refractivity contribution in [3.05, 3.63) is 106 Å². The van der Waals surface area contributed by atoms with Crippen LogP contribution in [0.25, 0.3) is 0 Å². The lowest BCUT2D eigenvalue weighted by Crippen LogP contribution is -2.33. The highest BCUT2D eigenvalue weighted by Gasteiger charge is 2.20. The van der Waals surface area contributed by atoms with Crippen LogP contribution in [-0.4, -0.2) is 11.8 Å².